The van der Waals surface area contributed by atoms with Gasteiger partial charge in [-0.05, 0) is 62.3 Å². The molecular formula is C24H30F3N. The number of halogens is 3. The molecule has 152 valence electrons. The summed E-state index contributed by atoms with van der Waals surface area (Å²) in [6.45, 7) is 3.14. The zero-order chi connectivity index (χ0) is 20.1. The summed E-state index contributed by atoms with van der Waals surface area (Å²) in [5, 5.41) is 0. The highest BCUT2D eigenvalue weighted by Gasteiger charge is 2.47. The summed E-state index contributed by atoms with van der Waals surface area (Å²) in [4.78, 5) is 2.34. The van der Waals surface area contributed by atoms with Crippen LogP contribution in [0.5, 0.6) is 0 Å². The van der Waals surface area contributed by atoms with E-state index in [1.165, 1.54) is 11.1 Å². The number of nitrogens with zero attached hydrogens (tertiary/aromatic N) is 1. The number of aryl methyl sites for hydroxylation is 1. The molecule has 3 unspecified atom stereocenters. The fourth-order valence-corrected chi connectivity index (χ4v) is 4.31. The average molecular weight is 390 g/mol. The minimum atomic E-state index is -4.08. The van der Waals surface area contributed by atoms with Crippen molar-refractivity contribution < 1.29 is 13.2 Å². The molecule has 1 saturated carbocycles. The van der Waals surface area contributed by atoms with Crippen molar-refractivity contribution in [1.82, 2.24) is 4.90 Å². The highest BCUT2D eigenvalue weighted by atomic mass is 19.4. The maximum absolute atomic E-state index is 13.2. The molecule has 0 amide bonds. The van der Waals surface area contributed by atoms with Crippen LogP contribution in [0.3, 0.4) is 0 Å². The zero-order valence-corrected chi connectivity index (χ0v) is 16.8. The smallest absolute Gasteiger partial charge is 0.299 e. The Morgan fingerprint density at radius 2 is 1.64 bits per heavy atom. The van der Waals surface area contributed by atoms with E-state index in [1.54, 1.807) is 0 Å². The number of hydrogen-bond acceptors (Lipinski definition) is 1. The minimum absolute atomic E-state index is 0.265. The molecule has 1 nitrogen and oxygen atoms in total. The van der Waals surface area contributed by atoms with Crippen LogP contribution in [0, 0.1) is 5.92 Å². The second-order valence-corrected chi connectivity index (χ2v) is 8.22. The lowest BCUT2D eigenvalue weighted by atomic mass is 9.87. The van der Waals surface area contributed by atoms with Crippen LogP contribution in [-0.2, 0) is 13.0 Å². The van der Waals surface area contributed by atoms with E-state index in [2.05, 4.69) is 43.1 Å². The maximum Gasteiger partial charge on any atom is 0.392 e. The van der Waals surface area contributed by atoms with Gasteiger partial charge in [0.2, 0.25) is 0 Å². The summed E-state index contributed by atoms with van der Waals surface area (Å²) in [6.07, 6.45) is -0.544. The summed E-state index contributed by atoms with van der Waals surface area (Å²) in [6, 6.07) is 18.7. The molecule has 3 rings (SSSR count). The van der Waals surface area contributed by atoms with Gasteiger partial charge in [0.15, 0.2) is 0 Å². The van der Waals surface area contributed by atoms with Gasteiger partial charge < -0.3 is 0 Å². The van der Waals surface area contributed by atoms with Gasteiger partial charge in [-0.2, -0.15) is 13.2 Å². The summed E-state index contributed by atoms with van der Waals surface area (Å²) in [5.41, 5.74) is 3.35. The molecule has 0 spiro atoms. The van der Waals surface area contributed by atoms with E-state index in [1.807, 2.05) is 30.3 Å². The lowest BCUT2D eigenvalue weighted by Crippen LogP contribution is -2.29. The SMILES string of the molecule is CC(CCc1ccc(C2CCCC2C(F)(F)F)cc1)N(C)Cc1ccccc1. The summed E-state index contributed by atoms with van der Waals surface area (Å²) in [5.74, 6) is -1.55. The largest absolute Gasteiger partial charge is 0.392 e. The Kier molecular flexibility index (Phi) is 6.82. The van der Waals surface area contributed by atoms with Gasteiger partial charge in [-0.1, -0.05) is 61.0 Å². The Balaban J connectivity index is 1.53. The van der Waals surface area contributed by atoms with E-state index < -0.39 is 12.1 Å². The van der Waals surface area contributed by atoms with Crippen LogP contribution in [0.1, 0.15) is 55.2 Å². The summed E-state index contributed by atoms with van der Waals surface area (Å²) >= 11 is 0. The average Bonchev–Trinajstić information content (AvgIpc) is 3.17. The fourth-order valence-electron chi connectivity index (χ4n) is 4.31. The standard InChI is InChI=1S/C24H30F3N/c1-18(28(2)17-20-7-4-3-5-8-20)11-12-19-13-15-21(16-14-19)22-9-6-10-23(22)24(25,26)27/h3-5,7-8,13-16,18,22-23H,6,9-12,17H2,1-2H3. The molecule has 0 saturated heterocycles. The lowest BCUT2D eigenvalue weighted by Gasteiger charge is -2.25. The van der Waals surface area contributed by atoms with E-state index in [0.717, 1.165) is 24.9 Å². The normalized spacial score (nSPS) is 21.2. The van der Waals surface area contributed by atoms with Crippen LogP contribution >= 0.6 is 0 Å². The van der Waals surface area contributed by atoms with Crippen LogP contribution in [0.25, 0.3) is 0 Å². The summed E-state index contributed by atoms with van der Waals surface area (Å²) in [7, 11) is 2.14. The molecular weight excluding hydrogens is 359 g/mol. The summed E-state index contributed by atoms with van der Waals surface area (Å²) < 4.78 is 39.6. The predicted molar refractivity (Wildman–Crippen MR) is 108 cm³/mol. The number of alkyl halides is 3. The van der Waals surface area contributed by atoms with Gasteiger partial charge in [0.05, 0.1) is 5.92 Å². The van der Waals surface area contributed by atoms with Crippen LogP contribution in [-0.4, -0.2) is 24.2 Å². The second kappa shape index (κ2) is 9.13. The van der Waals surface area contributed by atoms with Gasteiger partial charge in [-0.3, -0.25) is 4.90 Å². The van der Waals surface area contributed by atoms with Crippen LogP contribution in [0.4, 0.5) is 13.2 Å². The van der Waals surface area contributed by atoms with Crippen molar-refractivity contribution in [2.75, 3.05) is 7.05 Å². The third-order valence-corrected chi connectivity index (χ3v) is 6.22. The van der Waals surface area contributed by atoms with Crippen molar-refractivity contribution in [1.29, 1.82) is 0 Å². The first-order valence-corrected chi connectivity index (χ1v) is 10.2. The number of hydrogen-bond donors (Lipinski definition) is 0. The van der Waals surface area contributed by atoms with Gasteiger partial charge in [0.1, 0.15) is 0 Å². The first kappa shape index (κ1) is 20.9. The third-order valence-electron chi connectivity index (χ3n) is 6.22. The number of benzene rings is 2. The Labute approximate surface area is 166 Å². The van der Waals surface area contributed by atoms with Crippen molar-refractivity contribution in [2.24, 2.45) is 5.92 Å². The highest BCUT2D eigenvalue weighted by Crippen LogP contribution is 2.48. The van der Waals surface area contributed by atoms with Gasteiger partial charge in [0.25, 0.3) is 0 Å². The Hall–Kier alpha value is -1.81. The van der Waals surface area contributed by atoms with E-state index in [0.29, 0.717) is 18.9 Å². The predicted octanol–water partition coefficient (Wildman–Crippen LogP) is 6.59. The second-order valence-electron chi connectivity index (χ2n) is 8.22. The van der Waals surface area contributed by atoms with Crippen LogP contribution < -0.4 is 0 Å². The van der Waals surface area contributed by atoms with Gasteiger partial charge in [0, 0.05) is 12.6 Å². The molecule has 0 radical (unpaired) electrons. The molecule has 0 N–H and O–H groups in total. The highest BCUT2D eigenvalue weighted by molar-refractivity contribution is 5.27. The van der Waals surface area contributed by atoms with Crippen molar-refractivity contribution in [3.05, 3.63) is 71.3 Å². The molecule has 0 aromatic heterocycles. The van der Waals surface area contributed by atoms with Gasteiger partial charge in [-0.25, -0.2) is 0 Å². The van der Waals surface area contributed by atoms with Crippen molar-refractivity contribution in [3.8, 4) is 0 Å². The first-order valence-electron chi connectivity index (χ1n) is 10.2. The van der Waals surface area contributed by atoms with Crippen LogP contribution in [0.2, 0.25) is 0 Å². The van der Waals surface area contributed by atoms with Crippen molar-refractivity contribution in [2.45, 2.75) is 63.7 Å². The topological polar surface area (TPSA) is 3.24 Å². The van der Waals surface area contributed by atoms with E-state index in [9.17, 15) is 13.2 Å². The molecule has 2 aromatic rings. The minimum Gasteiger partial charge on any atom is -0.299 e. The Morgan fingerprint density at radius 1 is 0.964 bits per heavy atom. The maximum atomic E-state index is 13.2. The molecule has 0 aliphatic heterocycles. The monoisotopic (exact) mass is 389 g/mol. The quantitative estimate of drug-likeness (QED) is 0.517. The fraction of sp³-hybridized carbons (Fsp3) is 0.500. The van der Waals surface area contributed by atoms with E-state index in [-0.39, 0.29) is 12.3 Å². The van der Waals surface area contributed by atoms with Gasteiger partial charge >= 0.3 is 6.18 Å². The van der Waals surface area contributed by atoms with Crippen LogP contribution in [0.15, 0.2) is 54.6 Å². The molecule has 28 heavy (non-hydrogen) atoms. The van der Waals surface area contributed by atoms with Gasteiger partial charge in [-0.15, -0.1) is 0 Å². The zero-order valence-electron chi connectivity index (χ0n) is 16.8. The molecule has 4 heteroatoms. The molecule has 2 aromatic carbocycles. The van der Waals surface area contributed by atoms with Crippen molar-refractivity contribution >= 4 is 0 Å². The molecule has 3 atom stereocenters. The molecule has 0 bridgehead atoms. The molecule has 1 aliphatic carbocycles. The van der Waals surface area contributed by atoms with Crippen molar-refractivity contribution in [3.63, 3.8) is 0 Å². The number of rotatable bonds is 7. The van der Waals surface area contributed by atoms with E-state index >= 15 is 0 Å². The Bertz CT molecular complexity index is 724. The lowest BCUT2D eigenvalue weighted by molar-refractivity contribution is -0.176. The Morgan fingerprint density at radius 3 is 2.29 bits per heavy atom. The molecule has 1 fully saturated rings. The first-order chi connectivity index (χ1) is 13.3. The molecule has 0 heterocycles. The van der Waals surface area contributed by atoms with E-state index in [4.69, 9.17) is 0 Å². The molecule has 1 aliphatic rings. The third kappa shape index (κ3) is 5.38.